The van der Waals surface area contributed by atoms with Gasteiger partial charge in [-0.2, -0.15) is 0 Å². The standard InChI is InChI=1S/C13H19NOS/c1-11(2)12-4-3-5-13(10-12)14-6-8-16(15)9-7-14/h3-5,10-11H,6-9H2,1-2H3. The Morgan fingerprint density at radius 2 is 1.94 bits per heavy atom. The highest BCUT2D eigenvalue weighted by Gasteiger charge is 2.15. The molecule has 1 heterocycles. The van der Waals surface area contributed by atoms with Crippen LogP contribution in [-0.2, 0) is 10.8 Å². The maximum Gasteiger partial charge on any atom is 0.0411 e. The molecule has 16 heavy (non-hydrogen) atoms. The van der Waals surface area contributed by atoms with Crippen LogP contribution >= 0.6 is 0 Å². The molecule has 2 rings (SSSR count). The van der Waals surface area contributed by atoms with Gasteiger partial charge in [0.15, 0.2) is 0 Å². The smallest absolute Gasteiger partial charge is 0.0411 e. The lowest BCUT2D eigenvalue weighted by Crippen LogP contribution is -2.37. The minimum absolute atomic E-state index is 0.568. The fourth-order valence-electron chi connectivity index (χ4n) is 1.98. The maximum absolute atomic E-state index is 11.3. The highest BCUT2D eigenvalue weighted by molar-refractivity contribution is 7.85. The van der Waals surface area contributed by atoms with Crippen molar-refractivity contribution in [2.75, 3.05) is 29.5 Å². The Kier molecular flexibility index (Phi) is 3.64. The molecule has 2 nitrogen and oxygen atoms in total. The van der Waals surface area contributed by atoms with E-state index in [1.165, 1.54) is 11.3 Å². The summed E-state index contributed by atoms with van der Waals surface area (Å²) >= 11 is 0. The van der Waals surface area contributed by atoms with E-state index < -0.39 is 10.8 Å². The Morgan fingerprint density at radius 3 is 2.56 bits per heavy atom. The van der Waals surface area contributed by atoms with Crippen LogP contribution in [0.25, 0.3) is 0 Å². The lowest BCUT2D eigenvalue weighted by molar-refractivity contribution is 0.673. The summed E-state index contributed by atoms with van der Waals surface area (Å²) in [6.07, 6.45) is 0. The molecule has 0 amide bonds. The first-order chi connectivity index (χ1) is 7.66. The molecule has 0 saturated carbocycles. The van der Waals surface area contributed by atoms with Gasteiger partial charge in [0, 0.05) is 41.1 Å². The molecular weight excluding hydrogens is 218 g/mol. The van der Waals surface area contributed by atoms with E-state index in [1.54, 1.807) is 0 Å². The third kappa shape index (κ3) is 2.64. The van der Waals surface area contributed by atoms with Gasteiger partial charge >= 0.3 is 0 Å². The van der Waals surface area contributed by atoms with Crippen LogP contribution in [0, 0.1) is 0 Å². The molecule has 1 aromatic rings. The van der Waals surface area contributed by atoms with Crippen molar-refractivity contribution in [3.8, 4) is 0 Å². The van der Waals surface area contributed by atoms with Crippen LogP contribution in [0.15, 0.2) is 24.3 Å². The van der Waals surface area contributed by atoms with E-state index in [2.05, 4.69) is 43.0 Å². The number of rotatable bonds is 2. The fraction of sp³-hybridized carbons (Fsp3) is 0.538. The van der Waals surface area contributed by atoms with E-state index in [-0.39, 0.29) is 0 Å². The Balaban J connectivity index is 2.14. The van der Waals surface area contributed by atoms with Crippen LogP contribution in [-0.4, -0.2) is 28.8 Å². The second-order valence-electron chi connectivity index (χ2n) is 4.58. The summed E-state index contributed by atoms with van der Waals surface area (Å²) in [7, 11) is -0.590. The summed E-state index contributed by atoms with van der Waals surface area (Å²) in [6, 6.07) is 8.71. The van der Waals surface area contributed by atoms with E-state index in [1.807, 2.05) is 0 Å². The molecule has 0 unspecified atom stereocenters. The first kappa shape index (κ1) is 11.6. The molecule has 1 aliphatic heterocycles. The largest absolute Gasteiger partial charge is 0.370 e. The molecule has 0 spiro atoms. The molecule has 3 heteroatoms. The molecule has 0 aliphatic carbocycles. The minimum Gasteiger partial charge on any atom is -0.370 e. The van der Waals surface area contributed by atoms with E-state index in [0.717, 1.165) is 24.6 Å². The van der Waals surface area contributed by atoms with E-state index in [4.69, 9.17) is 0 Å². The fourth-order valence-corrected chi connectivity index (χ4v) is 3.03. The number of hydrogen-bond donors (Lipinski definition) is 0. The van der Waals surface area contributed by atoms with Crippen LogP contribution in [0.1, 0.15) is 25.3 Å². The van der Waals surface area contributed by atoms with E-state index >= 15 is 0 Å². The third-order valence-corrected chi connectivity index (χ3v) is 4.36. The summed E-state index contributed by atoms with van der Waals surface area (Å²) in [5, 5.41) is 0. The summed E-state index contributed by atoms with van der Waals surface area (Å²) in [4.78, 5) is 2.34. The molecule has 0 bridgehead atoms. The van der Waals surface area contributed by atoms with Gasteiger partial charge in [-0.3, -0.25) is 4.21 Å². The zero-order valence-corrected chi connectivity index (χ0v) is 10.8. The first-order valence-electron chi connectivity index (χ1n) is 5.86. The molecule has 1 aliphatic rings. The molecule has 88 valence electrons. The zero-order valence-electron chi connectivity index (χ0n) is 9.98. The van der Waals surface area contributed by atoms with Gasteiger partial charge in [0.1, 0.15) is 0 Å². The second-order valence-corrected chi connectivity index (χ2v) is 6.28. The van der Waals surface area contributed by atoms with Gasteiger partial charge in [0.25, 0.3) is 0 Å². The molecule has 0 atom stereocenters. The van der Waals surface area contributed by atoms with Crippen molar-refractivity contribution >= 4 is 16.5 Å². The van der Waals surface area contributed by atoms with Crippen molar-refractivity contribution < 1.29 is 4.21 Å². The monoisotopic (exact) mass is 237 g/mol. The van der Waals surface area contributed by atoms with Gasteiger partial charge < -0.3 is 4.90 Å². The molecule has 1 fully saturated rings. The lowest BCUT2D eigenvalue weighted by Gasteiger charge is -2.29. The Morgan fingerprint density at radius 1 is 1.25 bits per heavy atom. The molecular formula is C13H19NOS. The van der Waals surface area contributed by atoms with Crippen LogP contribution in [0.3, 0.4) is 0 Å². The molecule has 1 aromatic carbocycles. The summed E-state index contributed by atoms with van der Waals surface area (Å²) in [5.41, 5.74) is 2.66. The van der Waals surface area contributed by atoms with Gasteiger partial charge in [-0.1, -0.05) is 26.0 Å². The van der Waals surface area contributed by atoms with Crippen molar-refractivity contribution in [3.05, 3.63) is 29.8 Å². The van der Waals surface area contributed by atoms with Gasteiger partial charge in [-0.25, -0.2) is 0 Å². The zero-order chi connectivity index (χ0) is 11.5. The van der Waals surface area contributed by atoms with Crippen molar-refractivity contribution in [2.24, 2.45) is 0 Å². The predicted molar refractivity (Wildman–Crippen MR) is 70.6 cm³/mol. The average Bonchev–Trinajstić information content (AvgIpc) is 2.30. The minimum atomic E-state index is -0.590. The van der Waals surface area contributed by atoms with Crippen molar-refractivity contribution in [1.29, 1.82) is 0 Å². The Bertz CT molecular complexity index is 379. The number of anilines is 1. The molecule has 0 N–H and O–H groups in total. The van der Waals surface area contributed by atoms with Crippen molar-refractivity contribution in [3.63, 3.8) is 0 Å². The quantitative estimate of drug-likeness (QED) is 0.787. The van der Waals surface area contributed by atoms with Crippen molar-refractivity contribution in [2.45, 2.75) is 19.8 Å². The van der Waals surface area contributed by atoms with Gasteiger partial charge in [0.2, 0.25) is 0 Å². The van der Waals surface area contributed by atoms with Crippen molar-refractivity contribution in [1.82, 2.24) is 0 Å². The Labute approximate surface area is 100 Å². The lowest BCUT2D eigenvalue weighted by atomic mass is 10.0. The topological polar surface area (TPSA) is 20.3 Å². The second kappa shape index (κ2) is 5.00. The number of hydrogen-bond acceptors (Lipinski definition) is 2. The highest BCUT2D eigenvalue weighted by Crippen LogP contribution is 2.22. The predicted octanol–water partition coefficient (Wildman–Crippen LogP) is 2.38. The molecule has 0 aromatic heterocycles. The van der Waals surface area contributed by atoms with Crippen LogP contribution in [0.2, 0.25) is 0 Å². The SMILES string of the molecule is CC(C)c1cccc(N2CCS(=O)CC2)c1. The maximum atomic E-state index is 11.3. The van der Waals surface area contributed by atoms with Crippen LogP contribution in [0.5, 0.6) is 0 Å². The normalized spacial score (nSPS) is 18.1. The summed E-state index contributed by atoms with van der Waals surface area (Å²) < 4.78 is 11.3. The summed E-state index contributed by atoms with van der Waals surface area (Å²) in [5.74, 6) is 2.19. The van der Waals surface area contributed by atoms with Crippen LogP contribution < -0.4 is 4.90 Å². The van der Waals surface area contributed by atoms with E-state index in [9.17, 15) is 4.21 Å². The highest BCUT2D eigenvalue weighted by atomic mass is 32.2. The van der Waals surface area contributed by atoms with Gasteiger partial charge in [-0.15, -0.1) is 0 Å². The molecule has 0 radical (unpaired) electrons. The first-order valence-corrected chi connectivity index (χ1v) is 7.35. The Hall–Kier alpha value is -0.830. The van der Waals surface area contributed by atoms with Crippen LogP contribution in [0.4, 0.5) is 5.69 Å². The third-order valence-electron chi connectivity index (χ3n) is 3.08. The average molecular weight is 237 g/mol. The van der Waals surface area contributed by atoms with E-state index in [0.29, 0.717) is 5.92 Å². The summed E-state index contributed by atoms with van der Waals surface area (Å²) in [6.45, 7) is 6.27. The number of nitrogens with zero attached hydrogens (tertiary/aromatic N) is 1. The number of benzene rings is 1. The van der Waals surface area contributed by atoms with Gasteiger partial charge in [-0.05, 0) is 23.6 Å². The molecule has 1 saturated heterocycles. The van der Waals surface area contributed by atoms with Gasteiger partial charge in [0.05, 0.1) is 0 Å².